The molecule has 0 unspecified atom stereocenters. The number of ketones is 1. The molecule has 40 heavy (non-hydrogen) atoms. The van der Waals surface area contributed by atoms with Gasteiger partial charge < -0.3 is 20.7 Å². The predicted molar refractivity (Wildman–Crippen MR) is 154 cm³/mol. The van der Waals surface area contributed by atoms with Crippen LogP contribution in [0.15, 0.2) is 24.3 Å². The van der Waals surface area contributed by atoms with Crippen LogP contribution < -0.4 is 20.7 Å². The lowest BCUT2D eigenvalue weighted by Gasteiger charge is -2.26. The summed E-state index contributed by atoms with van der Waals surface area (Å²) in [5.41, 5.74) is 0.415. The van der Waals surface area contributed by atoms with Gasteiger partial charge in [-0.1, -0.05) is 51.4 Å². The number of hydrogen-bond donors (Lipinski definition) is 4. The lowest BCUT2D eigenvalue weighted by Crippen LogP contribution is -2.51. The molecule has 12 heteroatoms. The molecule has 1 aromatic rings. The number of hydrogen-bond acceptors (Lipinski definition) is 7. The number of benzene rings is 1. The Balaban J connectivity index is 1.61. The van der Waals surface area contributed by atoms with Crippen molar-refractivity contribution in [3.8, 4) is 0 Å². The standard InChI is InChI=1S/C28H39ClN4O6S/c1-16(2)12-22(40-33-27(38)39-15-28(3,4)18-6-5-7-19(29)14-18)25(36)32-21(13-17-10-11-30-24(17)35)23(34)26(37)31-20-8-9-20/h5-7,14,16-17,20-22H,8-13,15H2,1-4H3,(H,30,35)(H,31,37)(H,32,36)(H,33,38)/t17-,21-,22-/m0/s1. The molecule has 0 aromatic heterocycles. The van der Waals surface area contributed by atoms with Gasteiger partial charge in [0.05, 0.1) is 6.04 Å². The van der Waals surface area contributed by atoms with Crippen LogP contribution in [0.4, 0.5) is 4.79 Å². The van der Waals surface area contributed by atoms with Crippen LogP contribution in [0.25, 0.3) is 0 Å². The van der Waals surface area contributed by atoms with Crippen molar-refractivity contribution >= 4 is 53.1 Å². The Bertz CT molecular complexity index is 1110. The average molecular weight is 595 g/mol. The van der Waals surface area contributed by atoms with Crippen molar-refractivity contribution in [2.24, 2.45) is 11.8 Å². The number of Topliss-reactive ketones (excluding diaryl/α,β-unsaturated/α-hetero) is 1. The largest absolute Gasteiger partial charge is 0.448 e. The lowest BCUT2D eigenvalue weighted by molar-refractivity contribution is -0.140. The topological polar surface area (TPSA) is 143 Å². The smallest absolute Gasteiger partial charge is 0.417 e. The molecule has 2 fully saturated rings. The van der Waals surface area contributed by atoms with Gasteiger partial charge in [-0.3, -0.25) is 23.9 Å². The maximum absolute atomic E-state index is 13.3. The summed E-state index contributed by atoms with van der Waals surface area (Å²) >= 11 is 6.99. The van der Waals surface area contributed by atoms with Gasteiger partial charge in [-0.15, -0.1) is 0 Å². The van der Waals surface area contributed by atoms with Gasteiger partial charge in [0.2, 0.25) is 17.6 Å². The molecular weight excluding hydrogens is 556 g/mol. The van der Waals surface area contributed by atoms with E-state index in [-0.39, 0.29) is 30.9 Å². The SMILES string of the molecule is CC(C)C[C@H](SNC(=O)OCC(C)(C)c1cccc(Cl)c1)C(=O)N[C@@H](C[C@@H]1CCNC1=O)C(=O)C(=O)NC1CC1. The Morgan fingerprint density at radius 2 is 1.90 bits per heavy atom. The maximum atomic E-state index is 13.3. The molecule has 1 heterocycles. The Kier molecular flexibility index (Phi) is 11.3. The second kappa shape index (κ2) is 14.2. The van der Waals surface area contributed by atoms with E-state index in [0.29, 0.717) is 24.4 Å². The van der Waals surface area contributed by atoms with Crippen molar-refractivity contribution in [2.45, 2.75) is 82.5 Å². The van der Waals surface area contributed by atoms with E-state index in [1.54, 1.807) is 6.07 Å². The Morgan fingerprint density at radius 3 is 2.50 bits per heavy atom. The molecule has 10 nitrogen and oxygen atoms in total. The van der Waals surface area contributed by atoms with Crippen LogP contribution in [0.1, 0.15) is 65.4 Å². The molecule has 1 aliphatic heterocycles. The fraction of sp³-hybridized carbons (Fsp3) is 0.607. The first-order valence-electron chi connectivity index (χ1n) is 13.6. The zero-order valence-corrected chi connectivity index (χ0v) is 25.0. The minimum atomic E-state index is -1.15. The molecule has 4 amide bonds. The molecule has 220 valence electrons. The van der Waals surface area contributed by atoms with E-state index >= 15 is 0 Å². The second-order valence-corrected chi connectivity index (χ2v) is 12.9. The molecule has 1 aromatic carbocycles. The van der Waals surface area contributed by atoms with Crippen LogP contribution in [0.5, 0.6) is 0 Å². The van der Waals surface area contributed by atoms with Gasteiger partial charge in [0.15, 0.2) is 0 Å². The van der Waals surface area contributed by atoms with Crippen molar-refractivity contribution in [1.29, 1.82) is 0 Å². The molecule has 2 aliphatic rings. The summed E-state index contributed by atoms with van der Waals surface area (Å²) in [5, 5.41) is 7.91. The van der Waals surface area contributed by atoms with Crippen LogP contribution in [0, 0.1) is 11.8 Å². The van der Waals surface area contributed by atoms with E-state index < -0.39 is 46.3 Å². The highest BCUT2D eigenvalue weighted by atomic mass is 35.5. The van der Waals surface area contributed by atoms with E-state index in [1.807, 2.05) is 45.9 Å². The van der Waals surface area contributed by atoms with Gasteiger partial charge in [-0.05, 0) is 67.7 Å². The Morgan fingerprint density at radius 1 is 1.18 bits per heavy atom. The molecule has 0 bridgehead atoms. The fourth-order valence-electron chi connectivity index (χ4n) is 4.32. The molecule has 1 saturated heterocycles. The third-order valence-electron chi connectivity index (χ3n) is 6.89. The molecule has 1 saturated carbocycles. The molecule has 0 spiro atoms. The highest BCUT2D eigenvalue weighted by molar-refractivity contribution is 7.99. The van der Waals surface area contributed by atoms with Crippen molar-refractivity contribution in [2.75, 3.05) is 13.2 Å². The van der Waals surface area contributed by atoms with E-state index in [1.165, 1.54) is 0 Å². The zero-order valence-electron chi connectivity index (χ0n) is 23.4. The fourth-order valence-corrected chi connectivity index (χ4v) is 5.46. The molecule has 1 aliphatic carbocycles. The van der Waals surface area contributed by atoms with Gasteiger partial charge >= 0.3 is 6.09 Å². The van der Waals surface area contributed by atoms with Gasteiger partial charge in [0, 0.05) is 28.9 Å². The van der Waals surface area contributed by atoms with Crippen molar-refractivity contribution in [3.05, 3.63) is 34.9 Å². The molecular formula is C28H39ClN4O6S. The molecule has 3 atom stereocenters. The van der Waals surface area contributed by atoms with E-state index in [0.717, 1.165) is 30.4 Å². The molecule has 0 radical (unpaired) electrons. The normalized spacial score (nSPS) is 18.4. The number of carbonyl (C=O) groups is 5. The maximum Gasteiger partial charge on any atom is 0.417 e. The summed E-state index contributed by atoms with van der Waals surface area (Å²) < 4.78 is 8.02. The van der Waals surface area contributed by atoms with Crippen LogP contribution >= 0.6 is 23.5 Å². The number of amides is 4. The third-order valence-corrected chi connectivity index (χ3v) is 8.10. The first-order chi connectivity index (χ1) is 18.9. The number of rotatable bonds is 14. The quantitative estimate of drug-likeness (QED) is 0.191. The highest BCUT2D eigenvalue weighted by Gasteiger charge is 2.37. The molecule has 4 N–H and O–H groups in total. The van der Waals surface area contributed by atoms with Crippen LogP contribution in [-0.4, -0.2) is 60.1 Å². The van der Waals surface area contributed by atoms with Crippen molar-refractivity contribution in [1.82, 2.24) is 20.7 Å². The second-order valence-electron chi connectivity index (χ2n) is 11.5. The Labute approximate surface area is 244 Å². The number of nitrogens with one attached hydrogen (secondary N) is 4. The van der Waals surface area contributed by atoms with Crippen molar-refractivity contribution < 1.29 is 28.7 Å². The summed E-state index contributed by atoms with van der Waals surface area (Å²) in [6.07, 6.45) is 1.86. The van der Waals surface area contributed by atoms with Gasteiger partial charge in [0.25, 0.3) is 5.91 Å². The van der Waals surface area contributed by atoms with Crippen LogP contribution in [0.3, 0.4) is 0 Å². The number of halogens is 1. The highest BCUT2D eigenvalue weighted by Crippen LogP contribution is 2.26. The first kappa shape index (κ1) is 31.7. The van der Waals surface area contributed by atoms with E-state index in [4.69, 9.17) is 16.3 Å². The van der Waals surface area contributed by atoms with Gasteiger partial charge in [-0.25, -0.2) is 4.79 Å². The first-order valence-corrected chi connectivity index (χ1v) is 14.9. The lowest BCUT2D eigenvalue weighted by atomic mass is 9.86. The van der Waals surface area contributed by atoms with E-state index in [9.17, 15) is 24.0 Å². The monoisotopic (exact) mass is 594 g/mol. The molecule has 3 rings (SSSR count). The van der Waals surface area contributed by atoms with Gasteiger partial charge in [-0.2, -0.15) is 0 Å². The minimum absolute atomic E-state index is 0.0223. The summed E-state index contributed by atoms with van der Waals surface area (Å²) in [7, 11) is 0. The third kappa shape index (κ3) is 9.69. The van der Waals surface area contributed by atoms with Gasteiger partial charge in [0.1, 0.15) is 11.9 Å². The average Bonchev–Trinajstić information content (AvgIpc) is 3.62. The predicted octanol–water partition coefficient (Wildman–Crippen LogP) is 3.27. The summed E-state index contributed by atoms with van der Waals surface area (Å²) in [4.78, 5) is 63.5. The number of ether oxygens (including phenoxy) is 1. The van der Waals surface area contributed by atoms with Crippen LogP contribution in [-0.2, 0) is 29.3 Å². The summed E-state index contributed by atoms with van der Waals surface area (Å²) in [6.45, 7) is 8.28. The minimum Gasteiger partial charge on any atom is -0.448 e. The Hall–Kier alpha value is -2.79. The van der Waals surface area contributed by atoms with Crippen LogP contribution in [0.2, 0.25) is 5.02 Å². The summed E-state index contributed by atoms with van der Waals surface area (Å²) in [5.74, 6) is -2.62. The van der Waals surface area contributed by atoms with Crippen molar-refractivity contribution in [3.63, 3.8) is 0 Å². The zero-order chi connectivity index (χ0) is 29.4. The number of carbonyl (C=O) groups excluding carboxylic acids is 5. The van der Waals surface area contributed by atoms with E-state index in [2.05, 4.69) is 20.7 Å². The summed E-state index contributed by atoms with van der Waals surface area (Å²) in [6, 6.07) is 6.15.